The van der Waals surface area contributed by atoms with Crippen molar-refractivity contribution in [3.05, 3.63) is 0 Å². The predicted molar refractivity (Wildman–Crippen MR) is 38.5 cm³/mol. The second-order valence-electron chi connectivity index (χ2n) is 2.00. The third-order valence-corrected chi connectivity index (χ3v) is 1.46. The Bertz CT molecular complexity index is 112. The van der Waals surface area contributed by atoms with Crippen LogP contribution in [0.3, 0.4) is 0 Å². The van der Waals surface area contributed by atoms with Crippen LogP contribution in [0.15, 0.2) is 0 Å². The van der Waals surface area contributed by atoms with E-state index in [1.807, 2.05) is 13.8 Å². The highest BCUT2D eigenvalue weighted by Crippen LogP contribution is 1.91. The normalized spacial score (nSPS) is 13.6. The molecule has 0 aromatic carbocycles. The summed E-state index contributed by atoms with van der Waals surface area (Å²) in [5.74, 6) is -0.969. The van der Waals surface area contributed by atoms with Gasteiger partial charge in [0.15, 0.2) is 6.17 Å². The van der Waals surface area contributed by atoms with Crippen LogP contribution in [0.2, 0.25) is 0 Å². The van der Waals surface area contributed by atoms with Crippen LogP contribution in [0.5, 0.6) is 0 Å². The number of nitrogens with zero attached hydrogens (tertiary/aromatic N) is 1. The quantitative estimate of drug-likeness (QED) is 0.534. The lowest BCUT2D eigenvalue weighted by molar-refractivity contribution is -0.143. The Morgan fingerprint density at radius 2 is 2.00 bits per heavy atom. The molecule has 0 aliphatic rings. The summed E-state index contributed by atoms with van der Waals surface area (Å²) in [5, 5.41) is 8.45. The average molecular weight is 146 g/mol. The van der Waals surface area contributed by atoms with E-state index >= 15 is 0 Å². The summed E-state index contributed by atoms with van der Waals surface area (Å²) in [5.41, 5.74) is 5.31. The summed E-state index contributed by atoms with van der Waals surface area (Å²) >= 11 is 0. The number of carboxylic acids is 1. The first-order valence-electron chi connectivity index (χ1n) is 3.35. The van der Waals surface area contributed by atoms with Crippen molar-refractivity contribution in [2.24, 2.45) is 5.73 Å². The molecule has 0 aliphatic heterocycles. The molecular formula is C6H14N2O2. The SMILES string of the molecule is CCN(CC)C(N)C(=O)O. The molecule has 0 aromatic heterocycles. The van der Waals surface area contributed by atoms with Crippen molar-refractivity contribution in [3.63, 3.8) is 0 Å². The molecule has 0 heterocycles. The fourth-order valence-electron chi connectivity index (χ4n) is 0.773. The molecule has 4 nitrogen and oxygen atoms in total. The molecule has 60 valence electrons. The van der Waals surface area contributed by atoms with Crippen LogP contribution in [0.25, 0.3) is 0 Å². The number of rotatable bonds is 4. The number of likely N-dealkylation sites (N-methyl/N-ethyl adjacent to an activating group) is 1. The maximum Gasteiger partial charge on any atom is 0.335 e. The molecule has 10 heavy (non-hydrogen) atoms. The van der Waals surface area contributed by atoms with E-state index in [-0.39, 0.29) is 0 Å². The summed E-state index contributed by atoms with van der Waals surface area (Å²) in [6.07, 6.45) is -0.852. The van der Waals surface area contributed by atoms with E-state index in [0.29, 0.717) is 13.1 Å². The summed E-state index contributed by atoms with van der Waals surface area (Å²) in [6.45, 7) is 5.10. The van der Waals surface area contributed by atoms with E-state index in [9.17, 15) is 4.79 Å². The Labute approximate surface area is 60.6 Å². The average Bonchev–Trinajstić information content (AvgIpc) is 1.90. The Kier molecular flexibility index (Phi) is 3.99. The summed E-state index contributed by atoms with van der Waals surface area (Å²) in [7, 11) is 0. The Balaban J connectivity index is 3.88. The molecule has 4 heteroatoms. The highest BCUT2D eigenvalue weighted by atomic mass is 16.4. The lowest BCUT2D eigenvalue weighted by Gasteiger charge is -2.21. The highest BCUT2D eigenvalue weighted by molar-refractivity contribution is 5.72. The van der Waals surface area contributed by atoms with E-state index in [1.54, 1.807) is 4.90 Å². The molecule has 0 radical (unpaired) electrons. The van der Waals surface area contributed by atoms with Crippen molar-refractivity contribution in [2.45, 2.75) is 20.0 Å². The zero-order valence-corrected chi connectivity index (χ0v) is 6.37. The van der Waals surface area contributed by atoms with Gasteiger partial charge < -0.3 is 10.8 Å². The van der Waals surface area contributed by atoms with E-state index in [1.165, 1.54) is 0 Å². The topological polar surface area (TPSA) is 66.6 Å². The molecule has 0 aliphatic carbocycles. The molecule has 0 rings (SSSR count). The van der Waals surface area contributed by atoms with E-state index in [4.69, 9.17) is 10.8 Å². The number of aliphatic carboxylic acids is 1. The fourth-order valence-corrected chi connectivity index (χ4v) is 0.773. The van der Waals surface area contributed by atoms with Gasteiger partial charge in [-0.3, -0.25) is 4.90 Å². The minimum atomic E-state index is -0.969. The van der Waals surface area contributed by atoms with Crippen molar-refractivity contribution in [1.29, 1.82) is 0 Å². The van der Waals surface area contributed by atoms with Crippen LogP contribution in [0.4, 0.5) is 0 Å². The van der Waals surface area contributed by atoms with E-state index in [0.717, 1.165) is 0 Å². The van der Waals surface area contributed by atoms with E-state index in [2.05, 4.69) is 0 Å². The molecule has 0 saturated heterocycles. The zero-order chi connectivity index (χ0) is 8.15. The maximum absolute atomic E-state index is 10.3. The third kappa shape index (κ3) is 2.33. The van der Waals surface area contributed by atoms with Crippen LogP contribution in [0, 0.1) is 0 Å². The molecule has 0 aromatic rings. The molecular weight excluding hydrogens is 132 g/mol. The number of hydrogen-bond acceptors (Lipinski definition) is 3. The monoisotopic (exact) mass is 146 g/mol. The number of nitrogens with two attached hydrogens (primary N) is 1. The number of carboxylic acid groups (broad SMARTS) is 1. The van der Waals surface area contributed by atoms with Crippen LogP contribution < -0.4 is 5.73 Å². The largest absolute Gasteiger partial charge is 0.479 e. The van der Waals surface area contributed by atoms with Gasteiger partial charge in [0.25, 0.3) is 0 Å². The molecule has 0 bridgehead atoms. The van der Waals surface area contributed by atoms with Crippen LogP contribution in [-0.2, 0) is 4.79 Å². The first-order valence-corrected chi connectivity index (χ1v) is 3.35. The third-order valence-electron chi connectivity index (χ3n) is 1.46. The van der Waals surface area contributed by atoms with Gasteiger partial charge in [-0.1, -0.05) is 13.8 Å². The van der Waals surface area contributed by atoms with Crippen LogP contribution in [-0.4, -0.2) is 35.2 Å². The van der Waals surface area contributed by atoms with Gasteiger partial charge in [-0.05, 0) is 13.1 Å². The van der Waals surface area contributed by atoms with Gasteiger partial charge in [0.2, 0.25) is 0 Å². The van der Waals surface area contributed by atoms with Crippen molar-refractivity contribution in [1.82, 2.24) is 4.90 Å². The fraction of sp³-hybridized carbons (Fsp3) is 0.833. The van der Waals surface area contributed by atoms with Gasteiger partial charge in [0, 0.05) is 0 Å². The second-order valence-corrected chi connectivity index (χ2v) is 2.00. The van der Waals surface area contributed by atoms with Gasteiger partial charge in [-0.2, -0.15) is 0 Å². The van der Waals surface area contributed by atoms with Gasteiger partial charge in [0.1, 0.15) is 0 Å². The summed E-state index contributed by atoms with van der Waals surface area (Å²) in [4.78, 5) is 12.0. The molecule has 1 atom stereocenters. The molecule has 0 amide bonds. The van der Waals surface area contributed by atoms with Crippen molar-refractivity contribution < 1.29 is 9.90 Å². The van der Waals surface area contributed by atoms with Crippen LogP contribution >= 0.6 is 0 Å². The second kappa shape index (κ2) is 4.24. The highest BCUT2D eigenvalue weighted by Gasteiger charge is 2.16. The lowest BCUT2D eigenvalue weighted by Crippen LogP contribution is -2.47. The smallest absolute Gasteiger partial charge is 0.335 e. The van der Waals surface area contributed by atoms with Gasteiger partial charge in [0.05, 0.1) is 0 Å². The minimum Gasteiger partial charge on any atom is -0.479 e. The summed E-state index contributed by atoms with van der Waals surface area (Å²) in [6, 6.07) is 0. The molecule has 1 unspecified atom stereocenters. The van der Waals surface area contributed by atoms with Gasteiger partial charge >= 0.3 is 5.97 Å². The summed E-state index contributed by atoms with van der Waals surface area (Å²) < 4.78 is 0. The Hall–Kier alpha value is -0.610. The number of hydrogen-bond donors (Lipinski definition) is 2. The maximum atomic E-state index is 10.3. The van der Waals surface area contributed by atoms with Gasteiger partial charge in [-0.25, -0.2) is 4.79 Å². The molecule has 0 spiro atoms. The number of carbonyl (C=O) groups is 1. The molecule has 0 fully saturated rings. The Morgan fingerprint density at radius 1 is 1.60 bits per heavy atom. The standard InChI is InChI=1S/C6H14N2O2/c1-3-8(4-2)5(7)6(9)10/h5H,3-4,7H2,1-2H3,(H,9,10). The van der Waals surface area contributed by atoms with Crippen LogP contribution in [0.1, 0.15) is 13.8 Å². The van der Waals surface area contributed by atoms with Crippen molar-refractivity contribution in [3.8, 4) is 0 Å². The van der Waals surface area contributed by atoms with Gasteiger partial charge in [-0.15, -0.1) is 0 Å². The first-order chi connectivity index (χ1) is 4.63. The minimum absolute atomic E-state index is 0.671. The molecule has 3 N–H and O–H groups in total. The lowest BCUT2D eigenvalue weighted by atomic mass is 10.4. The van der Waals surface area contributed by atoms with E-state index < -0.39 is 12.1 Å². The van der Waals surface area contributed by atoms with Crippen molar-refractivity contribution in [2.75, 3.05) is 13.1 Å². The first kappa shape index (κ1) is 9.39. The Morgan fingerprint density at radius 3 is 2.10 bits per heavy atom. The molecule has 0 saturated carbocycles. The predicted octanol–water partition coefficient (Wildman–Crippen LogP) is -0.302. The zero-order valence-electron chi connectivity index (χ0n) is 6.37. The van der Waals surface area contributed by atoms with Crippen molar-refractivity contribution >= 4 is 5.97 Å².